The third-order valence-electron chi connectivity index (χ3n) is 5.72. The molecule has 0 spiro atoms. The first kappa shape index (κ1) is 32.4. The van der Waals surface area contributed by atoms with Crippen LogP contribution in [0, 0.1) is 11.8 Å². The number of likely N-dealkylation sites (tertiary alicyclic amines) is 1. The number of carbonyl (C=O) groups is 3. The number of ether oxygens (including phenoxy) is 1. The van der Waals surface area contributed by atoms with Crippen LogP contribution in [0.15, 0.2) is 43.1 Å². The summed E-state index contributed by atoms with van der Waals surface area (Å²) < 4.78 is 69.4. The molecule has 0 saturated carbocycles. The molecule has 2 aromatic rings. The van der Waals surface area contributed by atoms with Crippen LogP contribution >= 0.6 is 0 Å². The van der Waals surface area contributed by atoms with Crippen molar-refractivity contribution < 1.29 is 55.7 Å². The molecule has 0 unspecified atom stereocenters. The van der Waals surface area contributed by atoms with E-state index in [1.165, 1.54) is 5.56 Å². The maximum absolute atomic E-state index is 12.8. The van der Waals surface area contributed by atoms with Gasteiger partial charge in [0.15, 0.2) is 5.82 Å². The molecule has 0 aliphatic carbocycles. The highest BCUT2D eigenvalue weighted by Crippen LogP contribution is 2.34. The van der Waals surface area contributed by atoms with E-state index in [-0.39, 0.29) is 23.8 Å². The van der Waals surface area contributed by atoms with E-state index in [0.717, 1.165) is 32.5 Å². The van der Waals surface area contributed by atoms with E-state index in [9.17, 15) is 31.1 Å². The van der Waals surface area contributed by atoms with Gasteiger partial charge in [-0.05, 0) is 24.5 Å². The number of amides is 1. The zero-order valence-electron chi connectivity index (χ0n) is 20.6. The Morgan fingerprint density at radius 3 is 2.12 bits per heavy atom. The van der Waals surface area contributed by atoms with Crippen LogP contribution in [0.3, 0.4) is 0 Å². The van der Waals surface area contributed by atoms with Gasteiger partial charge in [0.2, 0.25) is 5.91 Å². The van der Waals surface area contributed by atoms with Crippen LogP contribution in [0.25, 0.3) is 0 Å². The van der Waals surface area contributed by atoms with Crippen molar-refractivity contribution in [2.75, 3.05) is 25.0 Å². The third-order valence-corrected chi connectivity index (χ3v) is 5.72. The fraction of sp³-hybridized carbons (Fsp3) is 0.478. The maximum atomic E-state index is 12.8. The van der Waals surface area contributed by atoms with Crippen molar-refractivity contribution in [1.29, 1.82) is 0 Å². The number of fused-ring (bicyclic) bond motifs is 1. The number of carbonyl (C=O) groups excluding carboxylic acids is 1. The Hall–Kier alpha value is -3.86. The standard InChI is InChI=1S/C19H23N5O2.2C2HF3O2/c25-19(23-18-11-21-6-7-22-18)15-4-9-26-17-3-8-24(13-16(15)17)12-14-2-1-5-20-10-14;2*3-2(4,5)1(6)7/h1-2,5-7,10-11,15-17H,3-4,8-9,12-13H2,(H,22,23,25);2*(H,6,7)/t15-,16+,17-;;/m1../s1. The first-order valence-corrected chi connectivity index (χ1v) is 11.6. The number of anilines is 1. The summed E-state index contributed by atoms with van der Waals surface area (Å²) in [6.07, 6.45) is 0.139. The minimum absolute atomic E-state index is 0.0204. The number of nitrogens with one attached hydrogen (secondary N) is 1. The number of pyridine rings is 1. The molecule has 11 nitrogen and oxygen atoms in total. The predicted molar refractivity (Wildman–Crippen MR) is 124 cm³/mol. The molecule has 0 bridgehead atoms. The lowest BCUT2D eigenvalue weighted by Gasteiger charge is -2.44. The molecule has 2 aliphatic rings. The van der Waals surface area contributed by atoms with Crippen molar-refractivity contribution in [3.8, 4) is 0 Å². The fourth-order valence-electron chi connectivity index (χ4n) is 3.99. The molecule has 4 heterocycles. The zero-order chi connectivity index (χ0) is 29.9. The SMILES string of the molecule is O=C(Nc1cnccn1)[C@@H]1CCO[C@@H]2CCN(Cc3cccnc3)C[C@H]21.O=C(O)C(F)(F)F.O=C(O)C(F)(F)F. The third kappa shape index (κ3) is 10.7. The van der Waals surface area contributed by atoms with Gasteiger partial charge in [0.25, 0.3) is 0 Å². The van der Waals surface area contributed by atoms with Crippen molar-refractivity contribution >= 4 is 23.7 Å². The van der Waals surface area contributed by atoms with Gasteiger partial charge in [0.05, 0.1) is 12.3 Å². The molecule has 40 heavy (non-hydrogen) atoms. The van der Waals surface area contributed by atoms with Gasteiger partial charge in [-0.3, -0.25) is 19.7 Å². The Morgan fingerprint density at radius 2 is 1.60 bits per heavy atom. The van der Waals surface area contributed by atoms with Crippen LogP contribution in [-0.2, 0) is 25.7 Å². The molecule has 2 saturated heterocycles. The molecule has 0 radical (unpaired) electrons. The molecule has 2 fully saturated rings. The summed E-state index contributed by atoms with van der Waals surface area (Å²) in [6.45, 7) is 3.34. The highest BCUT2D eigenvalue weighted by atomic mass is 19.4. The number of carboxylic acids is 2. The van der Waals surface area contributed by atoms with E-state index in [0.29, 0.717) is 12.4 Å². The molecule has 1 amide bonds. The average molecular weight is 581 g/mol. The number of halogens is 6. The summed E-state index contributed by atoms with van der Waals surface area (Å²) >= 11 is 0. The van der Waals surface area contributed by atoms with E-state index >= 15 is 0 Å². The molecule has 17 heteroatoms. The molecule has 4 rings (SSSR count). The number of aromatic nitrogens is 3. The molecular formula is C23H25F6N5O6. The van der Waals surface area contributed by atoms with Crippen LogP contribution in [0.5, 0.6) is 0 Å². The number of rotatable bonds is 4. The predicted octanol–water partition coefficient (Wildman–Crippen LogP) is 3.00. The second kappa shape index (κ2) is 14.5. The zero-order valence-corrected chi connectivity index (χ0v) is 20.6. The van der Waals surface area contributed by atoms with Gasteiger partial charge in [-0.2, -0.15) is 26.3 Å². The van der Waals surface area contributed by atoms with Crippen LogP contribution in [0.4, 0.5) is 32.2 Å². The van der Waals surface area contributed by atoms with Crippen molar-refractivity contribution in [1.82, 2.24) is 19.9 Å². The van der Waals surface area contributed by atoms with Crippen molar-refractivity contribution in [2.45, 2.75) is 37.8 Å². The minimum Gasteiger partial charge on any atom is -0.475 e. The summed E-state index contributed by atoms with van der Waals surface area (Å²) in [4.78, 5) is 45.4. The molecule has 2 aliphatic heterocycles. The first-order chi connectivity index (χ1) is 18.7. The van der Waals surface area contributed by atoms with Gasteiger partial charge in [0, 0.05) is 62.9 Å². The maximum Gasteiger partial charge on any atom is 0.490 e. The Kier molecular flexibility index (Phi) is 11.7. The van der Waals surface area contributed by atoms with E-state index < -0.39 is 24.3 Å². The normalized spacial score (nSPS) is 20.9. The number of aliphatic carboxylic acids is 2. The van der Waals surface area contributed by atoms with Gasteiger partial charge < -0.3 is 20.3 Å². The van der Waals surface area contributed by atoms with Gasteiger partial charge in [-0.1, -0.05) is 6.07 Å². The lowest BCUT2D eigenvalue weighted by atomic mass is 9.79. The Bertz CT molecular complexity index is 1080. The van der Waals surface area contributed by atoms with Crippen molar-refractivity contribution in [3.05, 3.63) is 48.7 Å². The molecule has 220 valence electrons. The Morgan fingerprint density at radius 1 is 0.975 bits per heavy atom. The van der Waals surface area contributed by atoms with Crippen LogP contribution in [0.2, 0.25) is 0 Å². The molecule has 0 aromatic carbocycles. The van der Waals surface area contributed by atoms with E-state index in [1.54, 1.807) is 24.8 Å². The number of hydrogen-bond acceptors (Lipinski definition) is 8. The van der Waals surface area contributed by atoms with Gasteiger partial charge >= 0.3 is 24.3 Å². The lowest BCUT2D eigenvalue weighted by molar-refractivity contribution is -0.193. The number of carboxylic acid groups (broad SMARTS) is 2. The van der Waals surface area contributed by atoms with Gasteiger partial charge in [-0.25, -0.2) is 14.6 Å². The minimum atomic E-state index is -5.08. The summed E-state index contributed by atoms with van der Waals surface area (Å²) in [7, 11) is 0. The van der Waals surface area contributed by atoms with E-state index in [1.807, 2.05) is 12.3 Å². The highest BCUT2D eigenvalue weighted by Gasteiger charge is 2.42. The quantitative estimate of drug-likeness (QED) is 0.459. The van der Waals surface area contributed by atoms with E-state index in [2.05, 4.69) is 31.2 Å². The fourth-order valence-corrected chi connectivity index (χ4v) is 3.99. The molecule has 2 aromatic heterocycles. The summed E-state index contributed by atoms with van der Waals surface area (Å²) in [5, 5.41) is 17.2. The summed E-state index contributed by atoms with van der Waals surface area (Å²) in [5.74, 6) is -4.85. The lowest BCUT2D eigenvalue weighted by Crippen LogP contribution is -2.52. The number of piperidine rings is 1. The van der Waals surface area contributed by atoms with E-state index in [4.69, 9.17) is 24.5 Å². The van der Waals surface area contributed by atoms with Crippen LogP contribution in [-0.4, -0.2) is 86.1 Å². The Balaban J connectivity index is 0.000000333. The largest absolute Gasteiger partial charge is 0.490 e. The molecule has 3 atom stereocenters. The second-order valence-electron chi connectivity index (χ2n) is 8.54. The summed E-state index contributed by atoms with van der Waals surface area (Å²) in [6, 6.07) is 4.05. The van der Waals surface area contributed by atoms with Crippen LogP contribution in [0.1, 0.15) is 18.4 Å². The van der Waals surface area contributed by atoms with Crippen molar-refractivity contribution in [3.63, 3.8) is 0 Å². The Labute approximate surface area is 223 Å². The smallest absolute Gasteiger partial charge is 0.475 e. The van der Waals surface area contributed by atoms with Crippen LogP contribution < -0.4 is 5.32 Å². The number of nitrogens with zero attached hydrogens (tertiary/aromatic N) is 4. The highest BCUT2D eigenvalue weighted by molar-refractivity contribution is 5.91. The first-order valence-electron chi connectivity index (χ1n) is 11.6. The molecule has 3 N–H and O–H groups in total. The van der Waals surface area contributed by atoms with Gasteiger partial charge in [-0.15, -0.1) is 0 Å². The topological polar surface area (TPSA) is 155 Å². The number of alkyl halides is 6. The van der Waals surface area contributed by atoms with Gasteiger partial charge in [0.1, 0.15) is 0 Å². The number of hydrogen-bond donors (Lipinski definition) is 3. The summed E-state index contributed by atoms with van der Waals surface area (Å²) in [5.41, 5.74) is 1.20. The van der Waals surface area contributed by atoms with Crippen molar-refractivity contribution in [2.24, 2.45) is 11.8 Å². The molecular weight excluding hydrogens is 556 g/mol. The monoisotopic (exact) mass is 581 g/mol. The second-order valence-corrected chi connectivity index (χ2v) is 8.54. The average Bonchev–Trinajstić information content (AvgIpc) is 2.89.